The third kappa shape index (κ3) is 7.99. The summed E-state index contributed by atoms with van der Waals surface area (Å²) in [5, 5.41) is 3.44. The smallest absolute Gasteiger partial charge is 0.384 e. The molecule has 148 valence electrons. The van der Waals surface area contributed by atoms with Crippen LogP contribution >= 0.6 is 0 Å². The topological polar surface area (TPSA) is 70.7 Å². The van der Waals surface area contributed by atoms with Crippen molar-refractivity contribution in [3.05, 3.63) is 11.0 Å². The molecule has 0 aromatic carbocycles. The molecule has 0 aromatic heterocycles. The first kappa shape index (κ1) is 24.9. The fourth-order valence-electron chi connectivity index (χ4n) is 2.30. The van der Waals surface area contributed by atoms with Gasteiger partial charge >= 0.3 is 17.6 Å². The Hall–Kier alpha value is -0.0894. The first-order valence-corrected chi connectivity index (χ1v) is 12.9. The minimum absolute atomic E-state index is 0.499. The Morgan fingerprint density at radius 3 is 1.84 bits per heavy atom. The van der Waals surface area contributed by atoms with Crippen LogP contribution in [0.25, 0.3) is 0 Å². The minimum Gasteiger partial charge on any atom is -0.384 e. The number of rotatable bonds is 15. The Bertz CT molecular complexity index is 363. The second kappa shape index (κ2) is 13.1. The predicted octanol–water partition coefficient (Wildman–Crippen LogP) is 0.326. The summed E-state index contributed by atoms with van der Waals surface area (Å²) in [5.74, 6) is 0. The highest BCUT2D eigenvalue weighted by molar-refractivity contribution is 6.83. The van der Waals surface area contributed by atoms with E-state index in [1.54, 1.807) is 42.7 Å². The van der Waals surface area contributed by atoms with Gasteiger partial charge in [-0.05, 0) is 25.3 Å². The Morgan fingerprint density at radius 2 is 1.44 bits per heavy atom. The van der Waals surface area contributed by atoms with Gasteiger partial charge in [-0.15, -0.1) is 0 Å². The molecule has 0 bridgehead atoms. The number of hydrogen-bond acceptors (Lipinski definition) is 8. The molecule has 0 aliphatic rings. The highest BCUT2D eigenvalue weighted by atomic mass is 28.4. The van der Waals surface area contributed by atoms with Crippen LogP contribution in [0.5, 0.6) is 0 Å². The van der Waals surface area contributed by atoms with Crippen LogP contribution < -0.4 is 5.32 Å². The zero-order valence-corrected chi connectivity index (χ0v) is 19.8. The molecule has 0 atom stereocenters. The minimum atomic E-state index is -2.79. The molecular formula is C14H34N2O6Si3. The van der Waals surface area contributed by atoms with E-state index in [1.807, 2.05) is 25.2 Å². The van der Waals surface area contributed by atoms with E-state index < -0.39 is 17.6 Å². The number of nitrogens with zero attached hydrogens (tertiary/aromatic N) is 1. The van der Waals surface area contributed by atoms with E-state index >= 15 is 0 Å². The first-order chi connectivity index (χ1) is 11.9. The van der Waals surface area contributed by atoms with Gasteiger partial charge in [-0.1, -0.05) is 0 Å². The van der Waals surface area contributed by atoms with E-state index in [4.69, 9.17) is 26.6 Å². The zero-order chi connectivity index (χ0) is 19.3. The van der Waals surface area contributed by atoms with Gasteiger partial charge in [0.25, 0.3) is 0 Å². The highest BCUT2D eigenvalue weighted by Gasteiger charge is 2.43. The lowest BCUT2D eigenvalue weighted by Gasteiger charge is -2.28. The van der Waals surface area contributed by atoms with Crippen LogP contribution in [0.3, 0.4) is 0 Å². The molecule has 1 N–H and O–H groups in total. The summed E-state index contributed by atoms with van der Waals surface area (Å²) in [4.78, 5) is 3.04. The molecule has 0 amide bonds. The summed E-state index contributed by atoms with van der Waals surface area (Å²) in [5.41, 5.74) is 0. The van der Waals surface area contributed by atoms with Gasteiger partial charge in [0.15, 0.2) is 0 Å². The average molecular weight is 411 g/mol. The Morgan fingerprint density at radius 1 is 0.920 bits per heavy atom. The lowest BCUT2D eigenvalue weighted by atomic mass is 10.5. The molecule has 0 spiro atoms. The van der Waals surface area contributed by atoms with Crippen molar-refractivity contribution in [3.8, 4) is 0 Å². The monoisotopic (exact) mass is 410 g/mol. The molecule has 0 aliphatic heterocycles. The normalized spacial score (nSPS) is 13.4. The summed E-state index contributed by atoms with van der Waals surface area (Å²) in [6.07, 6.45) is 3.77. The first-order valence-electron chi connectivity index (χ1n) is 8.03. The summed E-state index contributed by atoms with van der Waals surface area (Å²) >= 11 is 0. The molecule has 0 rings (SSSR count). The van der Waals surface area contributed by atoms with E-state index in [1.165, 1.54) is 0 Å². The molecule has 0 unspecified atom stereocenters. The van der Waals surface area contributed by atoms with Crippen LogP contribution in [-0.2, 0) is 26.6 Å². The van der Waals surface area contributed by atoms with Crippen molar-refractivity contribution in [2.45, 2.75) is 12.5 Å². The third-order valence-corrected chi connectivity index (χ3v) is 11.3. The van der Waals surface area contributed by atoms with Gasteiger partial charge in [-0.3, -0.25) is 0 Å². The quantitative estimate of drug-likeness (QED) is 0.306. The molecule has 25 heavy (non-hydrogen) atoms. The Labute approximate surface area is 157 Å². The molecule has 0 fully saturated rings. The van der Waals surface area contributed by atoms with E-state index in [-0.39, 0.29) is 0 Å². The van der Waals surface area contributed by atoms with Crippen molar-refractivity contribution in [3.63, 3.8) is 0 Å². The van der Waals surface area contributed by atoms with Crippen molar-refractivity contribution in [2.75, 3.05) is 69.5 Å². The summed E-state index contributed by atoms with van der Waals surface area (Å²) in [6, 6.07) is 0.778. The maximum absolute atomic E-state index is 5.60. The van der Waals surface area contributed by atoms with Crippen LogP contribution in [0.1, 0.15) is 6.42 Å². The van der Waals surface area contributed by atoms with E-state index in [9.17, 15) is 0 Å². The SMILES string of the molecule is CO[Si](CCCNC[Si]C(=CN(C)C)[Si](OC)(OC)OC)(OC)OC. The van der Waals surface area contributed by atoms with Gasteiger partial charge in [0, 0.05) is 67.6 Å². The van der Waals surface area contributed by atoms with E-state index in [0.717, 1.165) is 30.0 Å². The van der Waals surface area contributed by atoms with Gasteiger partial charge in [-0.2, -0.15) is 0 Å². The summed E-state index contributed by atoms with van der Waals surface area (Å²) in [6.45, 7) is 0.856. The highest BCUT2D eigenvalue weighted by Crippen LogP contribution is 2.17. The average Bonchev–Trinajstić information content (AvgIpc) is 2.63. The van der Waals surface area contributed by atoms with Crippen molar-refractivity contribution in [1.82, 2.24) is 10.2 Å². The Kier molecular flexibility index (Phi) is 13.1. The Balaban J connectivity index is 4.51. The lowest BCUT2D eigenvalue weighted by molar-refractivity contribution is 0.123. The van der Waals surface area contributed by atoms with E-state index in [0.29, 0.717) is 9.52 Å². The van der Waals surface area contributed by atoms with Crippen LogP contribution in [0.4, 0.5) is 0 Å². The fourth-order valence-corrected chi connectivity index (χ4v) is 8.49. The van der Waals surface area contributed by atoms with Crippen molar-refractivity contribution in [1.29, 1.82) is 0 Å². The van der Waals surface area contributed by atoms with Crippen LogP contribution in [0, 0.1) is 0 Å². The van der Waals surface area contributed by atoms with Gasteiger partial charge in [0.05, 0.1) is 9.52 Å². The van der Waals surface area contributed by atoms with Crippen LogP contribution in [0.15, 0.2) is 11.0 Å². The molecule has 11 heteroatoms. The predicted molar refractivity (Wildman–Crippen MR) is 103 cm³/mol. The van der Waals surface area contributed by atoms with Gasteiger partial charge < -0.3 is 36.8 Å². The second-order valence-electron chi connectivity index (χ2n) is 5.43. The molecule has 0 aromatic rings. The number of nitrogens with one attached hydrogen (secondary N) is 1. The molecule has 0 heterocycles. The van der Waals surface area contributed by atoms with Crippen molar-refractivity contribution in [2.24, 2.45) is 0 Å². The molecule has 2 radical (unpaired) electrons. The maximum atomic E-state index is 5.60. The standard InChI is InChI=1S/C14H34N2O6Si3/c1-16(2)12-14(25(20-6,21-7)22-8)23-13-15-10-9-11-24(17-3,18-4)19-5/h12,15H,9-11,13H2,1-8H3. The maximum Gasteiger partial charge on any atom is 0.529 e. The third-order valence-electron chi connectivity index (χ3n) is 3.70. The molecule has 8 nitrogen and oxygen atoms in total. The molecule has 0 saturated carbocycles. The van der Waals surface area contributed by atoms with Crippen LogP contribution in [0.2, 0.25) is 6.04 Å². The van der Waals surface area contributed by atoms with Gasteiger partial charge in [-0.25, -0.2) is 0 Å². The lowest BCUT2D eigenvalue weighted by Crippen LogP contribution is -2.49. The number of hydrogen-bond donors (Lipinski definition) is 1. The summed E-state index contributed by atoms with van der Waals surface area (Å²) in [7, 11) is 8.98. The van der Waals surface area contributed by atoms with Gasteiger partial charge in [0.2, 0.25) is 0 Å². The summed E-state index contributed by atoms with van der Waals surface area (Å²) < 4.78 is 33.1. The molecular weight excluding hydrogens is 376 g/mol. The fraction of sp³-hybridized carbons (Fsp3) is 0.857. The second-order valence-corrected chi connectivity index (χ2v) is 13.1. The van der Waals surface area contributed by atoms with Crippen molar-refractivity contribution >= 4 is 27.1 Å². The zero-order valence-electron chi connectivity index (χ0n) is 16.8. The largest absolute Gasteiger partial charge is 0.529 e. The van der Waals surface area contributed by atoms with Crippen molar-refractivity contribution < 1.29 is 26.6 Å². The van der Waals surface area contributed by atoms with Gasteiger partial charge in [0.1, 0.15) is 0 Å². The molecule has 0 saturated heterocycles. The molecule has 0 aliphatic carbocycles. The van der Waals surface area contributed by atoms with E-state index in [2.05, 4.69) is 5.32 Å². The van der Waals surface area contributed by atoms with Crippen LogP contribution in [-0.4, -0.2) is 101 Å².